The number of pyridine rings is 2. The zero-order chi connectivity index (χ0) is 19.1. The predicted molar refractivity (Wildman–Crippen MR) is 107 cm³/mol. The second-order valence-electron chi connectivity index (χ2n) is 7.96. The van der Waals surface area contributed by atoms with Crippen molar-refractivity contribution in [1.82, 2.24) is 9.55 Å². The van der Waals surface area contributed by atoms with Gasteiger partial charge in [0.05, 0.1) is 17.1 Å². The molecular weight excluding hydrogens is 326 g/mol. The van der Waals surface area contributed by atoms with E-state index in [0.29, 0.717) is 23.7 Å². The SMILES string of the molecule is Cc1cc2c3ccc(OCC(C)(N)CC(C)C)cc3c(=O)n(C)c2cn1. The third-order valence-electron chi connectivity index (χ3n) is 4.64. The van der Waals surface area contributed by atoms with Crippen LogP contribution in [0.25, 0.3) is 21.7 Å². The summed E-state index contributed by atoms with van der Waals surface area (Å²) in [6, 6.07) is 7.68. The number of fused-ring (bicyclic) bond motifs is 3. The van der Waals surface area contributed by atoms with Gasteiger partial charge in [0.25, 0.3) is 5.56 Å². The molecule has 0 aliphatic rings. The quantitative estimate of drug-likeness (QED) is 0.712. The number of hydrogen-bond acceptors (Lipinski definition) is 4. The van der Waals surface area contributed by atoms with E-state index in [1.54, 1.807) is 17.8 Å². The molecule has 2 aromatic heterocycles. The molecule has 0 saturated carbocycles. The van der Waals surface area contributed by atoms with Gasteiger partial charge in [0.1, 0.15) is 12.4 Å². The highest BCUT2D eigenvalue weighted by atomic mass is 16.5. The molecule has 0 spiro atoms. The van der Waals surface area contributed by atoms with Crippen LogP contribution < -0.4 is 16.0 Å². The van der Waals surface area contributed by atoms with Crippen molar-refractivity contribution in [2.45, 2.75) is 39.7 Å². The summed E-state index contributed by atoms with van der Waals surface area (Å²) in [5.41, 5.74) is 7.62. The highest BCUT2D eigenvalue weighted by Gasteiger charge is 2.21. The van der Waals surface area contributed by atoms with Gasteiger partial charge in [-0.1, -0.05) is 13.8 Å². The van der Waals surface area contributed by atoms with Crippen LogP contribution in [0.1, 0.15) is 32.9 Å². The van der Waals surface area contributed by atoms with E-state index in [0.717, 1.165) is 28.4 Å². The molecule has 0 saturated heterocycles. The topological polar surface area (TPSA) is 70.1 Å². The van der Waals surface area contributed by atoms with Crippen LogP contribution in [-0.2, 0) is 7.05 Å². The summed E-state index contributed by atoms with van der Waals surface area (Å²) in [5, 5.41) is 2.58. The zero-order valence-electron chi connectivity index (χ0n) is 16.2. The van der Waals surface area contributed by atoms with E-state index in [1.165, 1.54) is 0 Å². The summed E-state index contributed by atoms with van der Waals surface area (Å²) in [7, 11) is 1.77. The molecule has 1 atom stereocenters. The van der Waals surface area contributed by atoms with Crippen molar-refractivity contribution in [2.75, 3.05) is 6.61 Å². The Hall–Kier alpha value is -2.40. The smallest absolute Gasteiger partial charge is 0.258 e. The van der Waals surface area contributed by atoms with Crippen LogP contribution >= 0.6 is 0 Å². The summed E-state index contributed by atoms with van der Waals surface area (Å²) in [6.07, 6.45) is 2.63. The molecule has 26 heavy (non-hydrogen) atoms. The van der Waals surface area contributed by atoms with Crippen LogP contribution in [0.3, 0.4) is 0 Å². The Morgan fingerprint density at radius 3 is 2.65 bits per heavy atom. The van der Waals surface area contributed by atoms with E-state index in [-0.39, 0.29) is 5.56 Å². The molecule has 3 rings (SSSR count). The lowest BCUT2D eigenvalue weighted by Gasteiger charge is -2.26. The summed E-state index contributed by atoms with van der Waals surface area (Å²) in [6.45, 7) is 8.65. The van der Waals surface area contributed by atoms with Crippen LogP contribution in [-0.4, -0.2) is 21.7 Å². The van der Waals surface area contributed by atoms with E-state index in [9.17, 15) is 4.79 Å². The standard InChI is InChI=1S/C21H27N3O2/c1-13(2)10-21(4,22)12-26-15-6-7-16-17-8-14(3)23-11-19(17)24(5)20(25)18(16)9-15/h6-9,11,13H,10,12,22H2,1-5H3. The van der Waals surface area contributed by atoms with Crippen molar-refractivity contribution in [3.63, 3.8) is 0 Å². The number of hydrogen-bond donors (Lipinski definition) is 1. The number of ether oxygens (including phenoxy) is 1. The highest BCUT2D eigenvalue weighted by Crippen LogP contribution is 2.26. The number of aryl methyl sites for hydroxylation is 2. The summed E-state index contributed by atoms with van der Waals surface area (Å²) in [5.74, 6) is 1.17. The average Bonchev–Trinajstić information content (AvgIpc) is 2.56. The van der Waals surface area contributed by atoms with E-state index in [1.807, 2.05) is 38.1 Å². The second kappa shape index (κ2) is 6.72. The third kappa shape index (κ3) is 3.58. The number of benzene rings is 1. The maximum absolute atomic E-state index is 12.8. The van der Waals surface area contributed by atoms with E-state index in [4.69, 9.17) is 10.5 Å². The molecule has 1 aromatic carbocycles. The van der Waals surface area contributed by atoms with E-state index in [2.05, 4.69) is 18.8 Å². The Balaban J connectivity index is 2.03. The molecule has 5 nitrogen and oxygen atoms in total. The fourth-order valence-electron chi connectivity index (χ4n) is 3.59. The maximum atomic E-state index is 12.8. The number of rotatable bonds is 5. The Morgan fingerprint density at radius 2 is 1.96 bits per heavy atom. The van der Waals surface area contributed by atoms with Crippen molar-refractivity contribution < 1.29 is 4.74 Å². The summed E-state index contributed by atoms with van der Waals surface area (Å²) < 4.78 is 7.56. The van der Waals surface area contributed by atoms with Crippen LogP contribution in [0.2, 0.25) is 0 Å². The minimum atomic E-state index is -0.403. The van der Waals surface area contributed by atoms with Gasteiger partial charge < -0.3 is 15.0 Å². The van der Waals surface area contributed by atoms with Crippen LogP contribution in [0.15, 0.2) is 35.3 Å². The number of nitrogens with zero attached hydrogens (tertiary/aromatic N) is 2. The van der Waals surface area contributed by atoms with Gasteiger partial charge in [-0.3, -0.25) is 9.78 Å². The highest BCUT2D eigenvalue weighted by molar-refractivity contribution is 6.05. The van der Waals surface area contributed by atoms with Crippen molar-refractivity contribution >= 4 is 21.7 Å². The Bertz CT molecular complexity index is 1020. The lowest BCUT2D eigenvalue weighted by Crippen LogP contribution is -2.43. The molecule has 0 fully saturated rings. The zero-order valence-corrected chi connectivity index (χ0v) is 16.2. The molecule has 5 heteroatoms. The first-order valence-corrected chi connectivity index (χ1v) is 8.99. The predicted octanol–water partition coefficient (Wildman–Crippen LogP) is 3.54. The van der Waals surface area contributed by atoms with Gasteiger partial charge in [0.15, 0.2) is 0 Å². The average molecular weight is 353 g/mol. The molecule has 0 amide bonds. The van der Waals surface area contributed by atoms with Gasteiger partial charge >= 0.3 is 0 Å². The third-order valence-corrected chi connectivity index (χ3v) is 4.64. The van der Waals surface area contributed by atoms with E-state index < -0.39 is 5.54 Å². The van der Waals surface area contributed by atoms with Gasteiger partial charge in [0.2, 0.25) is 0 Å². The first-order valence-electron chi connectivity index (χ1n) is 8.99. The molecule has 3 aromatic rings. The van der Waals surface area contributed by atoms with Crippen molar-refractivity contribution in [3.05, 3.63) is 46.5 Å². The number of nitrogens with two attached hydrogens (primary N) is 1. The van der Waals surface area contributed by atoms with Gasteiger partial charge in [0, 0.05) is 23.7 Å². The summed E-state index contributed by atoms with van der Waals surface area (Å²) >= 11 is 0. The Morgan fingerprint density at radius 1 is 1.23 bits per heavy atom. The molecule has 0 radical (unpaired) electrons. The van der Waals surface area contributed by atoms with Crippen molar-refractivity contribution in [1.29, 1.82) is 0 Å². The van der Waals surface area contributed by atoms with Gasteiger partial charge in [-0.2, -0.15) is 0 Å². The Kier molecular flexibility index (Phi) is 4.76. The molecule has 2 N–H and O–H groups in total. The largest absolute Gasteiger partial charge is 0.492 e. The van der Waals surface area contributed by atoms with Crippen molar-refractivity contribution in [2.24, 2.45) is 18.7 Å². The molecule has 2 heterocycles. The lowest BCUT2D eigenvalue weighted by molar-refractivity contribution is 0.207. The number of aromatic nitrogens is 2. The van der Waals surface area contributed by atoms with Gasteiger partial charge in [-0.05, 0) is 55.8 Å². The van der Waals surface area contributed by atoms with Crippen LogP contribution in [0.5, 0.6) is 5.75 Å². The lowest BCUT2D eigenvalue weighted by atomic mass is 9.93. The van der Waals surface area contributed by atoms with Gasteiger partial charge in [-0.25, -0.2) is 0 Å². The molecule has 0 aliphatic carbocycles. The van der Waals surface area contributed by atoms with Crippen molar-refractivity contribution in [3.8, 4) is 5.75 Å². The normalized spacial score (nSPS) is 14.1. The first kappa shape index (κ1) is 18.4. The minimum absolute atomic E-state index is 0.0544. The van der Waals surface area contributed by atoms with Crippen LogP contribution in [0, 0.1) is 12.8 Å². The maximum Gasteiger partial charge on any atom is 0.258 e. The molecule has 1 unspecified atom stereocenters. The molecule has 0 aliphatic heterocycles. The minimum Gasteiger partial charge on any atom is -0.492 e. The summed E-state index contributed by atoms with van der Waals surface area (Å²) in [4.78, 5) is 17.1. The second-order valence-corrected chi connectivity index (χ2v) is 7.96. The molecule has 0 bridgehead atoms. The fourth-order valence-corrected chi connectivity index (χ4v) is 3.59. The molecule has 138 valence electrons. The van der Waals surface area contributed by atoms with Crippen LogP contribution in [0.4, 0.5) is 0 Å². The first-order chi connectivity index (χ1) is 12.2. The molecular formula is C21H27N3O2. The van der Waals surface area contributed by atoms with E-state index >= 15 is 0 Å². The fraction of sp³-hybridized carbons (Fsp3) is 0.429. The Labute approximate surface area is 153 Å². The monoisotopic (exact) mass is 353 g/mol. The van der Waals surface area contributed by atoms with Gasteiger partial charge in [-0.15, -0.1) is 0 Å².